The van der Waals surface area contributed by atoms with Gasteiger partial charge in [0.25, 0.3) is 0 Å². The first-order valence-electron chi connectivity index (χ1n) is 5.71. The van der Waals surface area contributed by atoms with Crippen molar-refractivity contribution in [3.05, 3.63) is 30.6 Å². The van der Waals surface area contributed by atoms with E-state index in [-0.39, 0.29) is 0 Å². The van der Waals surface area contributed by atoms with E-state index >= 15 is 0 Å². The average molecular weight is 213 g/mol. The molecule has 1 heterocycles. The third-order valence-electron chi connectivity index (χ3n) is 3.33. The van der Waals surface area contributed by atoms with E-state index < -0.39 is 0 Å². The van der Waals surface area contributed by atoms with Gasteiger partial charge in [0.05, 0.1) is 5.52 Å². The van der Waals surface area contributed by atoms with Crippen LogP contribution < -0.4 is 5.32 Å². The standard InChI is InChI=1S/C13H15N3/c1-13(6-7-13)8-14-12-10-4-2-3-5-11(10)15-9-16-12/h2-5,9H,6-8H2,1H3,(H,14,15,16). The molecule has 1 N–H and O–H groups in total. The van der Waals surface area contributed by atoms with Crippen molar-refractivity contribution in [2.75, 3.05) is 11.9 Å². The van der Waals surface area contributed by atoms with Crippen molar-refractivity contribution in [3.63, 3.8) is 0 Å². The van der Waals surface area contributed by atoms with Gasteiger partial charge in [-0.1, -0.05) is 19.1 Å². The topological polar surface area (TPSA) is 37.8 Å². The van der Waals surface area contributed by atoms with Crippen LogP contribution in [0.15, 0.2) is 30.6 Å². The van der Waals surface area contributed by atoms with Crippen LogP contribution in [0.4, 0.5) is 5.82 Å². The van der Waals surface area contributed by atoms with Gasteiger partial charge < -0.3 is 5.32 Å². The number of para-hydroxylation sites is 1. The summed E-state index contributed by atoms with van der Waals surface area (Å²) in [6, 6.07) is 8.10. The van der Waals surface area contributed by atoms with Crippen molar-refractivity contribution in [3.8, 4) is 0 Å². The van der Waals surface area contributed by atoms with E-state index in [1.807, 2.05) is 18.2 Å². The molecule has 1 fully saturated rings. The number of aromatic nitrogens is 2. The minimum atomic E-state index is 0.492. The number of anilines is 1. The molecule has 0 atom stereocenters. The summed E-state index contributed by atoms with van der Waals surface area (Å²) in [5.74, 6) is 0.957. The van der Waals surface area contributed by atoms with Gasteiger partial charge in [-0.3, -0.25) is 0 Å². The van der Waals surface area contributed by atoms with Crippen LogP contribution in [0.2, 0.25) is 0 Å². The predicted molar refractivity (Wildman–Crippen MR) is 65.4 cm³/mol. The van der Waals surface area contributed by atoms with Crippen molar-refractivity contribution in [2.45, 2.75) is 19.8 Å². The molecule has 3 rings (SSSR count). The Morgan fingerprint density at radius 1 is 1.25 bits per heavy atom. The Morgan fingerprint density at radius 3 is 2.88 bits per heavy atom. The van der Waals surface area contributed by atoms with Crippen LogP contribution in [0.25, 0.3) is 10.9 Å². The Kier molecular flexibility index (Phi) is 2.06. The lowest BCUT2D eigenvalue weighted by Crippen LogP contribution is -2.12. The van der Waals surface area contributed by atoms with Crippen LogP contribution in [-0.4, -0.2) is 16.5 Å². The normalized spacial score (nSPS) is 17.3. The third kappa shape index (κ3) is 1.73. The molecule has 1 aromatic carbocycles. The van der Waals surface area contributed by atoms with E-state index in [4.69, 9.17) is 0 Å². The molecule has 3 nitrogen and oxygen atoms in total. The molecule has 16 heavy (non-hydrogen) atoms. The van der Waals surface area contributed by atoms with Gasteiger partial charge in [-0.2, -0.15) is 0 Å². The number of benzene rings is 1. The van der Waals surface area contributed by atoms with E-state index in [0.29, 0.717) is 5.41 Å². The number of nitrogens with one attached hydrogen (secondary N) is 1. The highest BCUT2D eigenvalue weighted by Gasteiger charge is 2.36. The Morgan fingerprint density at radius 2 is 2.06 bits per heavy atom. The average Bonchev–Trinajstić information content (AvgIpc) is 3.05. The van der Waals surface area contributed by atoms with Gasteiger partial charge in [-0.15, -0.1) is 0 Å². The molecule has 0 amide bonds. The summed E-state index contributed by atoms with van der Waals surface area (Å²) < 4.78 is 0. The zero-order valence-electron chi connectivity index (χ0n) is 9.40. The smallest absolute Gasteiger partial charge is 0.137 e. The summed E-state index contributed by atoms with van der Waals surface area (Å²) in [6.45, 7) is 3.32. The lowest BCUT2D eigenvalue weighted by atomic mass is 10.1. The summed E-state index contributed by atoms with van der Waals surface area (Å²) >= 11 is 0. The zero-order valence-corrected chi connectivity index (χ0v) is 9.40. The van der Waals surface area contributed by atoms with Gasteiger partial charge in [0.1, 0.15) is 12.1 Å². The van der Waals surface area contributed by atoms with Crippen molar-refractivity contribution < 1.29 is 0 Å². The summed E-state index contributed by atoms with van der Waals surface area (Å²) in [5, 5.41) is 4.54. The second-order valence-corrected chi connectivity index (χ2v) is 4.90. The Balaban J connectivity index is 1.90. The van der Waals surface area contributed by atoms with Crippen LogP contribution in [0.3, 0.4) is 0 Å². The van der Waals surface area contributed by atoms with E-state index in [9.17, 15) is 0 Å². The summed E-state index contributed by atoms with van der Waals surface area (Å²) in [4.78, 5) is 8.57. The van der Waals surface area contributed by atoms with Gasteiger partial charge in [0.2, 0.25) is 0 Å². The molecule has 3 heteroatoms. The first kappa shape index (κ1) is 9.58. The van der Waals surface area contributed by atoms with Crippen LogP contribution in [0, 0.1) is 5.41 Å². The molecule has 1 aliphatic rings. The SMILES string of the molecule is CC1(CNc2ncnc3ccccc23)CC1. The number of fused-ring (bicyclic) bond motifs is 1. The van der Waals surface area contributed by atoms with Crippen molar-refractivity contribution >= 4 is 16.7 Å². The first-order chi connectivity index (χ1) is 7.77. The molecular weight excluding hydrogens is 198 g/mol. The molecule has 0 bridgehead atoms. The maximum absolute atomic E-state index is 4.32. The largest absolute Gasteiger partial charge is 0.369 e. The quantitative estimate of drug-likeness (QED) is 0.852. The highest BCUT2D eigenvalue weighted by molar-refractivity contribution is 5.88. The van der Waals surface area contributed by atoms with Gasteiger partial charge in [-0.05, 0) is 30.4 Å². The van der Waals surface area contributed by atoms with E-state index in [1.165, 1.54) is 12.8 Å². The van der Waals surface area contributed by atoms with Crippen molar-refractivity contribution in [1.29, 1.82) is 0 Å². The summed E-state index contributed by atoms with van der Waals surface area (Å²) in [7, 11) is 0. The number of hydrogen-bond donors (Lipinski definition) is 1. The summed E-state index contributed by atoms with van der Waals surface area (Å²) in [5.41, 5.74) is 1.49. The van der Waals surface area contributed by atoms with E-state index in [2.05, 4.69) is 28.3 Å². The first-order valence-corrected chi connectivity index (χ1v) is 5.71. The molecule has 2 aromatic rings. The maximum Gasteiger partial charge on any atom is 0.137 e. The van der Waals surface area contributed by atoms with Crippen LogP contribution in [0.5, 0.6) is 0 Å². The third-order valence-corrected chi connectivity index (χ3v) is 3.33. The lowest BCUT2D eigenvalue weighted by molar-refractivity contribution is 0.610. The molecule has 0 spiro atoms. The van der Waals surface area contributed by atoms with Gasteiger partial charge in [0, 0.05) is 11.9 Å². The zero-order chi connectivity index (χ0) is 11.0. The predicted octanol–water partition coefficient (Wildman–Crippen LogP) is 2.84. The minimum absolute atomic E-state index is 0.492. The second-order valence-electron chi connectivity index (χ2n) is 4.90. The van der Waals surface area contributed by atoms with Crippen molar-refractivity contribution in [2.24, 2.45) is 5.41 Å². The number of nitrogens with zero attached hydrogens (tertiary/aromatic N) is 2. The molecule has 0 unspecified atom stereocenters. The van der Waals surface area contributed by atoms with Crippen LogP contribution >= 0.6 is 0 Å². The van der Waals surface area contributed by atoms with E-state index in [0.717, 1.165) is 23.3 Å². The maximum atomic E-state index is 4.32. The molecule has 1 aliphatic carbocycles. The van der Waals surface area contributed by atoms with Crippen LogP contribution in [0.1, 0.15) is 19.8 Å². The number of rotatable bonds is 3. The Hall–Kier alpha value is -1.64. The molecule has 82 valence electrons. The van der Waals surface area contributed by atoms with Gasteiger partial charge in [-0.25, -0.2) is 9.97 Å². The number of hydrogen-bond acceptors (Lipinski definition) is 3. The highest BCUT2D eigenvalue weighted by atomic mass is 15.0. The molecule has 1 aromatic heterocycles. The fourth-order valence-corrected chi connectivity index (χ4v) is 1.83. The monoisotopic (exact) mass is 213 g/mol. The molecule has 0 aliphatic heterocycles. The molecular formula is C13H15N3. The lowest BCUT2D eigenvalue weighted by Gasteiger charge is -2.11. The Bertz CT molecular complexity index is 512. The van der Waals surface area contributed by atoms with E-state index in [1.54, 1.807) is 6.33 Å². The van der Waals surface area contributed by atoms with Crippen molar-refractivity contribution in [1.82, 2.24) is 9.97 Å². The molecule has 0 radical (unpaired) electrons. The van der Waals surface area contributed by atoms with Gasteiger partial charge in [0.15, 0.2) is 0 Å². The minimum Gasteiger partial charge on any atom is -0.369 e. The fourth-order valence-electron chi connectivity index (χ4n) is 1.83. The molecule has 0 saturated heterocycles. The van der Waals surface area contributed by atoms with Crippen LogP contribution in [-0.2, 0) is 0 Å². The fraction of sp³-hybridized carbons (Fsp3) is 0.385. The second kappa shape index (κ2) is 3.44. The molecule has 1 saturated carbocycles. The summed E-state index contributed by atoms with van der Waals surface area (Å²) in [6.07, 6.45) is 4.27. The highest BCUT2D eigenvalue weighted by Crippen LogP contribution is 2.44. The van der Waals surface area contributed by atoms with Gasteiger partial charge >= 0.3 is 0 Å². The Labute approximate surface area is 94.9 Å².